The molecular weight excluding hydrogens is 465 g/mol. The number of carbonyl (C=O) groups is 1. The molecule has 3 rings (SSSR count). The molecule has 0 spiro atoms. The summed E-state index contributed by atoms with van der Waals surface area (Å²) in [6.45, 7) is 1.19. The fraction of sp³-hybridized carbons (Fsp3) is 0.278. The average Bonchev–Trinajstić information content (AvgIpc) is 3.01. The van der Waals surface area contributed by atoms with E-state index in [1.54, 1.807) is 24.2 Å². The minimum Gasteiger partial charge on any atom is -0.352 e. The summed E-state index contributed by atoms with van der Waals surface area (Å²) < 4.78 is 0. The lowest BCUT2D eigenvalue weighted by molar-refractivity contribution is -0.117. The van der Waals surface area contributed by atoms with E-state index < -0.39 is 0 Å². The first-order valence-corrected chi connectivity index (χ1v) is 8.46. The lowest BCUT2D eigenvalue weighted by Gasteiger charge is -2.19. The van der Waals surface area contributed by atoms with E-state index in [0.29, 0.717) is 30.6 Å². The molecule has 26 heavy (non-hydrogen) atoms. The first kappa shape index (κ1) is 20.4. The van der Waals surface area contributed by atoms with Crippen molar-refractivity contribution in [3.05, 3.63) is 59.4 Å². The Hall–Kier alpha value is -1.87. The molecule has 1 aliphatic rings. The highest BCUT2D eigenvalue weighted by Gasteiger charge is 2.30. The van der Waals surface area contributed by atoms with Crippen molar-refractivity contribution < 1.29 is 4.79 Å². The summed E-state index contributed by atoms with van der Waals surface area (Å²) in [6.07, 6.45) is 2.16. The molecule has 0 radical (unpaired) electrons. The number of carbonyl (C=O) groups excluding carboxylic acids is 1. The summed E-state index contributed by atoms with van der Waals surface area (Å²) >= 11 is 5.79. The van der Waals surface area contributed by atoms with E-state index in [9.17, 15) is 4.79 Å². The van der Waals surface area contributed by atoms with Crippen LogP contribution in [0.15, 0.2) is 53.7 Å². The van der Waals surface area contributed by atoms with Crippen molar-refractivity contribution in [3.63, 3.8) is 0 Å². The van der Waals surface area contributed by atoms with Gasteiger partial charge in [0.2, 0.25) is 5.91 Å². The maximum atomic E-state index is 12.3. The molecule has 2 N–H and O–H groups in total. The third-order valence-electron chi connectivity index (χ3n) is 4.01. The summed E-state index contributed by atoms with van der Waals surface area (Å²) in [7, 11) is 1.71. The fourth-order valence-corrected chi connectivity index (χ4v) is 2.86. The van der Waals surface area contributed by atoms with E-state index in [-0.39, 0.29) is 35.9 Å². The topological polar surface area (TPSA) is 69.6 Å². The normalized spacial score (nSPS) is 17.0. The van der Waals surface area contributed by atoms with Gasteiger partial charge in [-0.1, -0.05) is 35.9 Å². The minimum absolute atomic E-state index is 0. The van der Waals surface area contributed by atoms with Crippen molar-refractivity contribution in [2.75, 3.05) is 18.5 Å². The van der Waals surface area contributed by atoms with Crippen LogP contribution in [0.5, 0.6) is 0 Å². The van der Waals surface area contributed by atoms with E-state index in [4.69, 9.17) is 11.6 Å². The Morgan fingerprint density at radius 2 is 2.08 bits per heavy atom. The average molecular weight is 486 g/mol. The molecule has 1 aromatic heterocycles. The van der Waals surface area contributed by atoms with Gasteiger partial charge < -0.3 is 15.5 Å². The van der Waals surface area contributed by atoms with Crippen LogP contribution < -0.4 is 15.5 Å². The second-order valence-corrected chi connectivity index (χ2v) is 6.19. The summed E-state index contributed by atoms with van der Waals surface area (Å²) in [5, 5.41) is 7.00. The smallest absolute Gasteiger partial charge is 0.229 e. The number of nitrogens with one attached hydrogen (secondary N) is 2. The first-order valence-electron chi connectivity index (χ1n) is 8.09. The van der Waals surface area contributed by atoms with Crippen LogP contribution in [0.1, 0.15) is 12.0 Å². The number of anilines is 1. The van der Waals surface area contributed by atoms with Gasteiger partial charge in [0.05, 0.1) is 6.04 Å². The molecule has 1 atom stereocenters. The van der Waals surface area contributed by atoms with Gasteiger partial charge in [0.1, 0.15) is 5.15 Å². The molecule has 6 nitrogen and oxygen atoms in total. The van der Waals surface area contributed by atoms with Crippen LogP contribution >= 0.6 is 35.6 Å². The molecule has 138 valence electrons. The van der Waals surface area contributed by atoms with E-state index in [1.807, 2.05) is 36.4 Å². The molecule has 0 saturated carbocycles. The highest BCUT2D eigenvalue weighted by atomic mass is 127. The number of hydrogen-bond donors (Lipinski definition) is 2. The van der Waals surface area contributed by atoms with Gasteiger partial charge in [-0.3, -0.25) is 9.79 Å². The number of aromatic nitrogens is 1. The zero-order valence-electron chi connectivity index (χ0n) is 14.4. The largest absolute Gasteiger partial charge is 0.352 e. The van der Waals surface area contributed by atoms with Crippen LogP contribution in [0.3, 0.4) is 0 Å². The summed E-state index contributed by atoms with van der Waals surface area (Å²) in [6, 6.07) is 13.4. The number of para-hydroxylation sites is 1. The molecule has 1 saturated heterocycles. The number of guanidine groups is 1. The number of benzene rings is 1. The number of rotatable bonds is 4. The van der Waals surface area contributed by atoms with Gasteiger partial charge in [0.15, 0.2) is 5.96 Å². The molecule has 1 fully saturated rings. The number of aliphatic imine (C=N–C) groups is 1. The number of amides is 1. The first-order chi connectivity index (χ1) is 12.2. The van der Waals surface area contributed by atoms with Crippen LogP contribution in [0.25, 0.3) is 0 Å². The Bertz CT molecular complexity index is 754. The summed E-state index contributed by atoms with van der Waals surface area (Å²) in [5.74, 6) is 0.767. The lowest BCUT2D eigenvalue weighted by atomic mass is 10.2. The van der Waals surface area contributed by atoms with Crippen molar-refractivity contribution in [1.29, 1.82) is 0 Å². The van der Waals surface area contributed by atoms with Gasteiger partial charge in [-0.2, -0.15) is 0 Å². The Labute approximate surface area is 175 Å². The third kappa shape index (κ3) is 5.31. The van der Waals surface area contributed by atoms with Gasteiger partial charge in [0.25, 0.3) is 0 Å². The van der Waals surface area contributed by atoms with E-state index in [0.717, 1.165) is 11.3 Å². The van der Waals surface area contributed by atoms with Gasteiger partial charge >= 0.3 is 0 Å². The van der Waals surface area contributed by atoms with E-state index in [1.165, 1.54) is 0 Å². The Morgan fingerprint density at radius 3 is 2.73 bits per heavy atom. The molecule has 1 aromatic carbocycles. The fourth-order valence-electron chi connectivity index (χ4n) is 2.75. The third-order valence-corrected chi connectivity index (χ3v) is 4.23. The van der Waals surface area contributed by atoms with Crippen molar-refractivity contribution in [2.45, 2.75) is 19.0 Å². The Morgan fingerprint density at radius 1 is 1.31 bits per heavy atom. The van der Waals surface area contributed by atoms with E-state index >= 15 is 0 Å². The van der Waals surface area contributed by atoms with Gasteiger partial charge in [-0.25, -0.2) is 4.98 Å². The molecule has 2 aromatic rings. The second-order valence-electron chi connectivity index (χ2n) is 5.80. The van der Waals surface area contributed by atoms with Crippen LogP contribution in [0.2, 0.25) is 5.15 Å². The lowest BCUT2D eigenvalue weighted by Crippen LogP contribution is -2.44. The van der Waals surface area contributed by atoms with Crippen LogP contribution in [-0.4, -0.2) is 36.5 Å². The molecule has 8 heteroatoms. The molecule has 1 aliphatic heterocycles. The maximum absolute atomic E-state index is 12.3. The minimum atomic E-state index is 0. The van der Waals surface area contributed by atoms with Crippen molar-refractivity contribution in [3.8, 4) is 0 Å². The highest BCUT2D eigenvalue weighted by Crippen LogP contribution is 2.20. The molecular formula is C18H21ClIN5O. The molecule has 1 amide bonds. The number of nitrogens with zero attached hydrogens (tertiary/aromatic N) is 3. The second kappa shape index (κ2) is 9.72. The summed E-state index contributed by atoms with van der Waals surface area (Å²) in [4.78, 5) is 22.3. The van der Waals surface area contributed by atoms with Crippen LogP contribution in [0.4, 0.5) is 5.69 Å². The quantitative estimate of drug-likeness (QED) is 0.302. The molecule has 1 unspecified atom stereocenters. The molecule has 2 heterocycles. The maximum Gasteiger partial charge on any atom is 0.229 e. The predicted octanol–water partition coefficient (Wildman–Crippen LogP) is 2.82. The van der Waals surface area contributed by atoms with Gasteiger partial charge in [0, 0.05) is 38.4 Å². The number of hydrogen-bond acceptors (Lipinski definition) is 3. The zero-order chi connectivity index (χ0) is 17.6. The van der Waals surface area contributed by atoms with Crippen molar-refractivity contribution in [2.24, 2.45) is 4.99 Å². The van der Waals surface area contributed by atoms with Crippen LogP contribution in [0, 0.1) is 0 Å². The van der Waals surface area contributed by atoms with E-state index in [2.05, 4.69) is 20.6 Å². The SMILES string of the molecule is CN=C(NCc1ccc(Cl)nc1)NC1CC(=O)N(c2ccccc2)C1.I. The molecule has 0 bridgehead atoms. The summed E-state index contributed by atoms with van der Waals surface area (Å²) in [5.41, 5.74) is 1.92. The highest BCUT2D eigenvalue weighted by molar-refractivity contribution is 14.0. The van der Waals surface area contributed by atoms with Crippen LogP contribution in [-0.2, 0) is 11.3 Å². The molecule has 0 aliphatic carbocycles. The number of pyridine rings is 1. The van der Waals surface area contributed by atoms with Crippen molar-refractivity contribution in [1.82, 2.24) is 15.6 Å². The van der Waals surface area contributed by atoms with Gasteiger partial charge in [-0.05, 0) is 23.8 Å². The predicted molar refractivity (Wildman–Crippen MR) is 115 cm³/mol. The standard InChI is InChI=1S/C18H20ClN5O.HI/c1-20-18(22-11-13-7-8-16(19)21-10-13)23-14-9-17(25)24(12-14)15-5-3-2-4-6-15;/h2-8,10,14H,9,11-12H2,1H3,(H2,20,22,23);1H. The van der Waals surface area contributed by atoms with Crippen molar-refractivity contribution >= 4 is 53.1 Å². The monoisotopic (exact) mass is 485 g/mol. The zero-order valence-corrected chi connectivity index (χ0v) is 17.4. The Kier molecular flexibility index (Phi) is 7.65. The van der Waals surface area contributed by atoms with Gasteiger partial charge in [-0.15, -0.1) is 24.0 Å². The number of halogens is 2. The Balaban J connectivity index is 0.00000243.